The monoisotopic (exact) mass is 313 g/mol. The van der Waals surface area contributed by atoms with Crippen molar-refractivity contribution >= 4 is 17.6 Å². The zero-order valence-corrected chi connectivity index (χ0v) is 13.2. The summed E-state index contributed by atoms with van der Waals surface area (Å²) in [5.74, 6) is -0.199. The third kappa shape index (κ3) is 4.85. The highest BCUT2D eigenvalue weighted by atomic mass is 16.5. The smallest absolute Gasteiger partial charge is 0.340 e. The molecule has 0 saturated carbocycles. The van der Waals surface area contributed by atoms with E-state index < -0.39 is 5.97 Å². The molecule has 2 aromatic carbocycles. The van der Waals surface area contributed by atoms with Crippen molar-refractivity contribution in [2.75, 3.05) is 18.5 Å². The zero-order chi connectivity index (χ0) is 16.7. The van der Waals surface area contributed by atoms with Crippen LogP contribution in [0.3, 0.4) is 0 Å². The SMILES string of the molecule is CCOC(=O)c1ccccc1NC(=O)COc1ccc(C)cc1. The number of carbonyl (C=O) groups is 2. The molecule has 0 aliphatic carbocycles. The summed E-state index contributed by atoms with van der Waals surface area (Å²) in [5, 5.41) is 2.67. The Balaban J connectivity index is 1.97. The van der Waals surface area contributed by atoms with Crippen LogP contribution in [-0.2, 0) is 9.53 Å². The zero-order valence-electron chi connectivity index (χ0n) is 13.2. The molecule has 0 bridgehead atoms. The predicted molar refractivity (Wildman–Crippen MR) is 87.7 cm³/mol. The molecular weight excluding hydrogens is 294 g/mol. The summed E-state index contributed by atoms with van der Waals surface area (Å²) in [4.78, 5) is 23.9. The van der Waals surface area contributed by atoms with E-state index in [9.17, 15) is 9.59 Å². The average molecular weight is 313 g/mol. The first-order chi connectivity index (χ1) is 11.1. The fourth-order valence-electron chi connectivity index (χ4n) is 1.95. The van der Waals surface area contributed by atoms with E-state index in [0.29, 0.717) is 17.0 Å². The molecule has 2 aromatic rings. The van der Waals surface area contributed by atoms with Gasteiger partial charge in [0.2, 0.25) is 0 Å². The van der Waals surface area contributed by atoms with Crippen LogP contribution >= 0.6 is 0 Å². The van der Waals surface area contributed by atoms with Crippen LogP contribution in [0.4, 0.5) is 5.69 Å². The number of ether oxygens (including phenoxy) is 2. The predicted octanol–water partition coefficient (Wildman–Crippen LogP) is 3.19. The van der Waals surface area contributed by atoms with Crippen molar-refractivity contribution in [3.63, 3.8) is 0 Å². The lowest BCUT2D eigenvalue weighted by Crippen LogP contribution is -2.22. The van der Waals surface area contributed by atoms with Crippen LogP contribution in [0.1, 0.15) is 22.8 Å². The summed E-state index contributed by atoms with van der Waals surface area (Å²) in [6.45, 7) is 3.84. The quantitative estimate of drug-likeness (QED) is 0.832. The molecular formula is C18H19NO4. The second-order valence-electron chi connectivity index (χ2n) is 4.92. The van der Waals surface area contributed by atoms with Gasteiger partial charge in [-0.25, -0.2) is 4.79 Å². The topological polar surface area (TPSA) is 64.6 Å². The summed E-state index contributed by atoms with van der Waals surface area (Å²) in [6.07, 6.45) is 0. The van der Waals surface area contributed by atoms with E-state index in [1.54, 1.807) is 43.3 Å². The summed E-state index contributed by atoms with van der Waals surface area (Å²) in [5.41, 5.74) is 1.84. The van der Waals surface area contributed by atoms with Gasteiger partial charge in [0.25, 0.3) is 5.91 Å². The number of esters is 1. The lowest BCUT2D eigenvalue weighted by atomic mass is 10.2. The molecule has 1 amide bonds. The number of hydrogen-bond donors (Lipinski definition) is 1. The number of aryl methyl sites for hydroxylation is 1. The largest absolute Gasteiger partial charge is 0.484 e. The molecule has 0 saturated heterocycles. The van der Waals surface area contributed by atoms with Gasteiger partial charge in [-0.05, 0) is 38.1 Å². The highest BCUT2D eigenvalue weighted by Gasteiger charge is 2.14. The third-order valence-corrected chi connectivity index (χ3v) is 3.09. The molecule has 5 heteroatoms. The third-order valence-electron chi connectivity index (χ3n) is 3.09. The maximum absolute atomic E-state index is 12.0. The summed E-state index contributed by atoms with van der Waals surface area (Å²) in [6, 6.07) is 14.1. The van der Waals surface area contributed by atoms with E-state index in [-0.39, 0.29) is 19.1 Å². The number of benzene rings is 2. The molecule has 0 spiro atoms. The van der Waals surface area contributed by atoms with E-state index in [4.69, 9.17) is 9.47 Å². The van der Waals surface area contributed by atoms with E-state index >= 15 is 0 Å². The van der Waals surface area contributed by atoms with Crippen molar-refractivity contribution in [1.82, 2.24) is 0 Å². The lowest BCUT2D eigenvalue weighted by molar-refractivity contribution is -0.118. The Labute approximate surface area is 135 Å². The molecule has 0 aliphatic rings. The number of rotatable bonds is 6. The van der Waals surface area contributed by atoms with E-state index in [0.717, 1.165) is 5.56 Å². The first-order valence-electron chi connectivity index (χ1n) is 7.35. The first-order valence-corrected chi connectivity index (χ1v) is 7.35. The maximum atomic E-state index is 12.0. The Hall–Kier alpha value is -2.82. The van der Waals surface area contributed by atoms with Crippen LogP contribution in [-0.4, -0.2) is 25.1 Å². The van der Waals surface area contributed by atoms with Gasteiger partial charge >= 0.3 is 5.97 Å². The summed E-state index contributed by atoms with van der Waals surface area (Å²) in [7, 11) is 0. The van der Waals surface area contributed by atoms with Crippen LogP contribution in [0.15, 0.2) is 48.5 Å². The van der Waals surface area contributed by atoms with Crippen molar-refractivity contribution < 1.29 is 19.1 Å². The standard InChI is InChI=1S/C18H19NO4/c1-3-22-18(21)15-6-4-5-7-16(15)19-17(20)12-23-14-10-8-13(2)9-11-14/h4-11H,3,12H2,1-2H3,(H,19,20). The second-order valence-corrected chi connectivity index (χ2v) is 4.92. The Kier molecular flexibility index (Phi) is 5.74. The minimum absolute atomic E-state index is 0.139. The van der Waals surface area contributed by atoms with Gasteiger partial charge < -0.3 is 14.8 Å². The van der Waals surface area contributed by atoms with Gasteiger partial charge in [0, 0.05) is 0 Å². The number of anilines is 1. The summed E-state index contributed by atoms with van der Waals surface area (Å²) >= 11 is 0. The molecule has 0 unspecified atom stereocenters. The number of hydrogen-bond acceptors (Lipinski definition) is 4. The van der Waals surface area contributed by atoms with Crippen molar-refractivity contribution in [2.45, 2.75) is 13.8 Å². The van der Waals surface area contributed by atoms with Gasteiger partial charge in [-0.15, -0.1) is 0 Å². The van der Waals surface area contributed by atoms with Gasteiger partial charge in [-0.2, -0.15) is 0 Å². The number of para-hydroxylation sites is 1. The Morgan fingerprint density at radius 1 is 1.04 bits per heavy atom. The van der Waals surface area contributed by atoms with Crippen molar-refractivity contribution in [3.05, 3.63) is 59.7 Å². The Morgan fingerprint density at radius 3 is 2.43 bits per heavy atom. The van der Waals surface area contributed by atoms with Crippen LogP contribution in [0.5, 0.6) is 5.75 Å². The molecule has 0 aliphatic heterocycles. The van der Waals surface area contributed by atoms with Gasteiger partial charge in [0.15, 0.2) is 6.61 Å². The normalized spacial score (nSPS) is 10.0. The van der Waals surface area contributed by atoms with Crippen LogP contribution < -0.4 is 10.1 Å². The molecule has 0 radical (unpaired) electrons. The Morgan fingerprint density at radius 2 is 1.74 bits per heavy atom. The van der Waals surface area contributed by atoms with E-state index in [1.807, 2.05) is 19.1 Å². The fourth-order valence-corrected chi connectivity index (χ4v) is 1.95. The molecule has 2 rings (SSSR count). The molecule has 1 N–H and O–H groups in total. The van der Waals surface area contributed by atoms with Crippen LogP contribution in [0.2, 0.25) is 0 Å². The fraction of sp³-hybridized carbons (Fsp3) is 0.222. The Bertz CT molecular complexity index is 680. The van der Waals surface area contributed by atoms with Crippen molar-refractivity contribution in [3.8, 4) is 5.75 Å². The summed E-state index contributed by atoms with van der Waals surface area (Å²) < 4.78 is 10.4. The first kappa shape index (κ1) is 16.5. The number of nitrogens with one attached hydrogen (secondary N) is 1. The molecule has 0 atom stereocenters. The lowest BCUT2D eigenvalue weighted by Gasteiger charge is -2.11. The second kappa shape index (κ2) is 7.98. The molecule has 0 fully saturated rings. The highest BCUT2D eigenvalue weighted by molar-refractivity contribution is 6.01. The van der Waals surface area contributed by atoms with Crippen LogP contribution in [0, 0.1) is 6.92 Å². The van der Waals surface area contributed by atoms with Gasteiger partial charge in [-0.3, -0.25) is 4.79 Å². The molecule has 120 valence electrons. The number of carbonyl (C=O) groups excluding carboxylic acids is 2. The van der Waals surface area contributed by atoms with Gasteiger partial charge in [-0.1, -0.05) is 29.8 Å². The molecule has 0 heterocycles. The van der Waals surface area contributed by atoms with Gasteiger partial charge in [0.05, 0.1) is 17.9 Å². The van der Waals surface area contributed by atoms with Crippen molar-refractivity contribution in [1.29, 1.82) is 0 Å². The van der Waals surface area contributed by atoms with Crippen molar-refractivity contribution in [2.24, 2.45) is 0 Å². The maximum Gasteiger partial charge on any atom is 0.340 e. The van der Waals surface area contributed by atoms with Gasteiger partial charge in [0.1, 0.15) is 5.75 Å². The molecule has 5 nitrogen and oxygen atoms in total. The molecule has 23 heavy (non-hydrogen) atoms. The average Bonchev–Trinajstić information content (AvgIpc) is 2.55. The van der Waals surface area contributed by atoms with Crippen LogP contribution in [0.25, 0.3) is 0 Å². The van der Waals surface area contributed by atoms with E-state index in [2.05, 4.69) is 5.32 Å². The minimum Gasteiger partial charge on any atom is -0.484 e. The highest BCUT2D eigenvalue weighted by Crippen LogP contribution is 2.16. The van der Waals surface area contributed by atoms with E-state index in [1.165, 1.54) is 0 Å². The minimum atomic E-state index is -0.470. The number of amides is 1. The molecule has 0 aromatic heterocycles.